The van der Waals surface area contributed by atoms with Gasteiger partial charge in [-0.15, -0.1) is 11.3 Å². The van der Waals surface area contributed by atoms with Crippen LogP contribution in [0.25, 0.3) is 6.08 Å². The maximum absolute atomic E-state index is 11.7. The van der Waals surface area contributed by atoms with Crippen molar-refractivity contribution in [2.75, 3.05) is 11.9 Å². The van der Waals surface area contributed by atoms with E-state index < -0.39 is 11.9 Å². The number of benzene rings is 1. The molecule has 1 aromatic heterocycles. The Hall–Kier alpha value is -2.11. The van der Waals surface area contributed by atoms with E-state index >= 15 is 0 Å². The molecule has 0 spiro atoms. The van der Waals surface area contributed by atoms with Gasteiger partial charge in [0.25, 0.3) is 5.91 Å². The monoisotopic (exact) mass is 335 g/mol. The molecular weight excluding hydrogens is 322 g/mol. The number of thiophene rings is 1. The minimum atomic E-state index is -0.564. The van der Waals surface area contributed by atoms with Crippen molar-refractivity contribution in [1.29, 1.82) is 0 Å². The van der Waals surface area contributed by atoms with Crippen molar-refractivity contribution in [3.63, 3.8) is 0 Å². The third kappa shape index (κ3) is 5.02. The Balaban J connectivity index is 1.79. The smallest absolute Gasteiger partial charge is 0.331 e. The van der Waals surface area contributed by atoms with Crippen LogP contribution >= 0.6 is 22.9 Å². The first-order valence-corrected chi connectivity index (χ1v) is 7.75. The summed E-state index contributed by atoms with van der Waals surface area (Å²) in [6.45, 7) is 1.52. The summed E-state index contributed by atoms with van der Waals surface area (Å²) in [7, 11) is 0. The number of aryl methyl sites for hydroxylation is 1. The lowest BCUT2D eigenvalue weighted by Gasteiger charge is -2.06. The van der Waals surface area contributed by atoms with Gasteiger partial charge in [0.2, 0.25) is 0 Å². The molecule has 1 amide bonds. The van der Waals surface area contributed by atoms with E-state index in [1.165, 1.54) is 17.4 Å². The van der Waals surface area contributed by atoms with E-state index in [1.807, 2.05) is 24.4 Å². The normalized spacial score (nSPS) is 10.6. The van der Waals surface area contributed by atoms with Crippen LogP contribution in [0.4, 0.5) is 5.69 Å². The van der Waals surface area contributed by atoms with Crippen molar-refractivity contribution in [2.24, 2.45) is 0 Å². The van der Waals surface area contributed by atoms with Gasteiger partial charge in [-0.1, -0.05) is 23.7 Å². The summed E-state index contributed by atoms with van der Waals surface area (Å²) < 4.78 is 4.86. The molecule has 0 atom stereocenters. The molecule has 0 unspecified atom stereocenters. The molecule has 0 saturated carbocycles. The lowest BCUT2D eigenvalue weighted by atomic mass is 10.2. The standard InChI is InChI=1S/C16H14ClNO3S/c1-11-4-5-12(9-14(11)17)18-15(19)10-21-16(20)7-6-13-3-2-8-22-13/h2-9H,10H2,1H3,(H,18,19)/b7-6+. The van der Waals surface area contributed by atoms with E-state index in [2.05, 4.69) is 5.32 Å². The molecule has 2 rings (SSSR count). The first-order valence-electron chi connectivity index (χ1n) is 6.49. The SMILES string of the molecule is Cc1ccc(NC(=O)COC(=O)/C=C/c2cccs2)cc1Cl. The average Bonchev–Trinajstić information content (AvgIpc) is 3.00. The van der Waals surface area contributed by atoms with Crippen LogP contribution in [-0.2, 0) is 14.3 Å². The zero-order valence-corrected chi connectivity index (χ0v) is 13.4. The third-order valence-corrected chi connectivity index (χ3v) is 3.97. The number of esters is 1. The molecule has 22 heavy (non-hydrogen) atoms. The Kier molecular flexibility index (Phi) is 5.75. The Bertz CT molecular complexity index is 695. The molecule has 2 aromatic rings. The highest BCUT2D eigenvalue weighted by Crippen LogP contribution is 2.19. The van der Waals surface area contributed by atoms with E-state index in [4.69, 9.17) is 16.3 Å². The lowest BCUT2D eigenvalue weighted by Crippen LogP contribution is -2.20. The largest absolute Gasteiger partial charge is 0.452 e. The number of amides is 1. The Labute approximate surface area is 137 Å². The summed E-state index contributed by atoms with van der Waals surface area (Å²) in [5.41, 5.74) is 1.48. The van der Waals surface area contributed by atoms with Crippen molar-refractivity contribution < 1.29 is 14.3 Å². The molecule has 0 bridgehead atoms. The van der Waals surface area contributed by atoms with Crippen molar-refractivity contribution >= 4 is 46.6 Å². The summed E-state index contributed by atoms with van der Waals surface area (Å²) >= 11 is 7.48. The molecule has 1 N–H and O–H groups in total. The topological polar surface area (TPSA) is 55.4 Å². The van der Waals surface area contributed by atoms with Gasteiger partial charge in [0.1, 0.15) is 0 Å². The minimum absolute atomic E-state index is 0.348. The lowest BCUT2D eigenvalue weighted by molar-refractivity contribution is -0.142. The maximum atomic E-state index is 11.7. The summed E-state index contributed by atoms with van der Waals surface area (Å²) in [6.07, 6.45) is 2.94. The van der Waals surface area contributed by atoms with Crippen LogP contribution in [0.3, 0.4) is 0 Å². The molecular formula is C16H14ClNO3S. The molecule has 0 radical (unpaired) electrons. The van der Waals surface area contributed by atoms with Gasteiger partial charge in [-0.25, -0.2) is 4.79 Å². The van der Waals surface area contributed by atoms with Crippen LogP contribution < -0.4 is 5.32 Å². The number of hydrogen-bond acceptors (Lipinski definition) is 4. The van der Waals surface area contributed by atoms with E-state index in [0.29, 0.717) is 10.7 Å². The fraction of sp³-hybridized carbons (Fsp3) is 0.125. The van der Waals surface area contributed by atoms with Gasteiger partial charge >= 0.3 is 5.97 Å². The Morgan fingerprint density at radius 2 is 2.18 bits per heavy atom. The number of halogens is 1. The number of rotatable bonds is 5. The molecule has 114 valence electrons. The predicted molar refractivity (Wildman–Crippen MR) is 89.1 cm³/mol. The molecule has 0 aliphatic carbocycles. The van der Waals surface area contributed by atoms with Crippen LogP contribution in [-0.4, -0.2) is 18.5 Å². The van der Waals surface area contributed by atoms with Crippen molar-refractivity contribution in [3.8, 4) is 0 Å². The summed E-state index contributed by atoms with van der Waals surface area (Å²) in [5, 5.41) is 5.08. The zero-order chi connectivity index (χ0) is 15.9. The van der Waals surface area contributed by atoms with Crippen molar-refractivity contribution in [1.82, 2.24) is 0 Å². The summed E-state index contributed by atoms with van der Waals surface area (Å²) in [5.74, 6) is -0.983. The molecule has 1 heterocycles. The van der Waals surface area contributed by atoms with Gasteiger partial charge in [0, 0.05) is 21.7 Å². The first kappa shape index (κ1) is 16.3. The van der Waals surface area contributed by atoms with Gasteiger partial charge < -0.3 is 10.1 Å². The third-order valence-electron chi connectivity index (χ3n) is 2.73. The highest BCUT2D eigenvalue weighted by molar-refractivity contribution is 7.10. The van der Waals surface area contributed by atoms with Gasteiger partial charge in [-0.2, -0.15) is 0 Å². The second kappa shape index (κ2) is 7.77. The number of anilines is 1. The number of ether oxygens (including phenoxy) is 1. The second-order valence-electron chi connectivity index (χ2n) is 4.47. The van der Waals surface area contributed by atoms with E-state index in [-0.39, 0.29) is 6.61 Å². The fourth-order valence-corrected chi connectivity index (χ4v) is 2.39. The molecule has 0 aliphatic heterocycles. The van der Waals surface area contributed by atoms with Gasteiger partial charge in [-0.05, 0) is 42.1 Å². The molecule has 4 nitrogen and oxygen atoms in total. The average molecular weight is 336 g/mol. The molecule has 0 fully saturated rings. The van der Waals surface area contributed by atoms with Crippen LogP contribution in [0.5, 0.6) is 0 Å². The van der Waals surface area contributed by atoms with E-state index in [1.54, 1.807) is 24.3 Å². The van der Waals surface area contributed by atoms with E-state index in [0.717, 1.165) is 10.4 Å². The highest BCUT2D eigenvalue weighted by Gasteiger charge is 2.06. The van der Waals surface area contributed by atoms with Crippen LogP contribution in [0.15, 0.2) is 41.8 Å². The highest BCUT2D eigenvalue weighted by atomic mass is 35.5. The second-order valence-corrected chi connectivity index (χ2v) is 5.86. The number of carbonyl (C=O) groups is 2. The number of hydrogen-bond donors (Lipinski definition) is 1. The van der Waals surface area contributed by atoms with Crippen LogP contribution in [0, 0.1) is 6.92 Å². The Morgan fingerprint density at radius 3 is 2.86 bits per heavy atom. The molecule has 1 aromatic carbocycles. The van der Waals surface area contributed by atoms with Gasteiger partial charge in [0.05, 0.1) is 0 Å². The number of nitrogens with one attached hydrogen (secondary N) is 1. The van der Waals surface area contributed by atoms with E-state index in [9.17, 15) is 9.59 Å². The fourth-order valence-electron chi connectivity index (χ4n) is 1.59. The predicted octanol–water partition coefficient (Wildman–Crippen LogP) is 3.91. The Morgan fingerprint density at radius 1 is 1.36 bits per heavy atom. The first-order chi connectivity index (χ1) is 10.5. The van der Waals surface area contributed by atoms with Crippen molar-refractivity contribution in [2.45, 2.75) is 6.92 Å². The van der Waals surface area contributed by atoms with Gasteiger partial charge in [0.15, 0.2) is 6.61 Å². The minimum Gasteiger partial charge on any atom is -0.452 e. The van der Waals surface area contributed by atoms with Crippen LogP contribution in [0.1, 0.15) is 10.4 Å². The summed E-state index contributed by atoms with van der Waals surface area (Å²) in [4.78, 5) is 24.1. The quantitative estimate of drug-likeness (QED) is 0.666. The molecule has 0 aliphatic rings. The summed E-state index contributed by atoms with van der Waals surface area (Å²) in [6, 6.07) is 8.94. The van der Waals surface area contributed by atoms with Crippen molar-refractivity contribution in [3.05, 3.63) is 57.3 Å². The number of carbonyl (C=O) groups excluding carboxylic acids is 2. The van der Waals surface area contributed by atoms with Crippen LogP contribution in [0.2, 0.25) is 5.02 Å². The molecule has 0 saturated heterocycles. The van der Waals surface area contributed by atoms with Gasteiger partial charge in [-0.3, -0.25) is 4.79 Å². The maximum Gasteiger partial charge on any atom is 0.331 e. The zero-order valence-electron chi connectivity index (χ0n) is 11.8. The molecule has 6 heteroatoms.